The topological polar surface area (TPSA) is 24.5 Å². The van der Waals surface area contributed by atoms with Crippen LogP contribution in [0.2, 0.25) is 0 Å². The Morgan fingerprint density at radius 3 is 2.00 bits per heavy atom. The summed E-state index contributed by atoms with van der Waals surface area (Å²) in [5, 5.41) is 3.19. The van der Waals surface area contributed by atoms with Crippen LogP contribution in [0.15, 0.2) is 24.3 Å². The van der Waals surface area contributed by atoms with E-state index < -0.39 is 12.5 Å². The number of hydrogen-bond acceptors (Lipinski definition) is 3. The lowest BCUT2D eigenvalue weighted by molar-refractivity contribution is 0.0181. The second kappa shape index (κ2) is 9.62. The third-order valence-corrected chi connectivity index (χ3v) is 3.43. The second-order valence-corrected chi connectivity index (χ2v) is 6.35. The average molecular weight is 371 g/mol. The number of nitrogens with zero attached hydrogens (tertiary/aromatic N) is 1. The molecular weight excluding hydrogens is 345 g/mol. The van der Waals surface area contributed by atoms with Gasteiger partial charge in [-0.05, 0) is 38.5 Å². The van der Waals surface area contributed by atoms with Crippen LogP contribution in [0.25, 0.3) is 0 Å². The summed E-state index contributed by atoms with van der Waals surface area (Å²) in [4.78, 5) is 1.85. The zero-order chi connectivity index (χ0) is 15.5. The van der Waals surface area contributed by atoms with E-state index in [9.17, 15) is 8.78 Å². The number of benzene rings is 1. The summed E-state index contributed by atoms with van der Waals surface area (Å²) in [5.41, 5.74) is 0.357. The van der Waals surface area contributed by atoms with E-state index in [2.05, 4.69) is 5.32 Å². The molecule has 0 unspecified atom stereocenters. The Hall–Kier alpha value is -0.620. The van der Waals surface area contributed by atoms with E-state index in [0.29, 0.717) is 24.4 Å². The number of hydrogen-bond donors (Lipinski definition) is 1. The van der Waals surface area contributed by atoms with Crippen molar-refractivity contribution < 1.29 is 13.5 Å². The minimum atomic E-state index is -2.39. The van der Waals surface area contributed by atoms with Gasteiger partial charge in [0, 0.05) is 26.2 Å². The van der Waals surface area contributed by atoms with E-state index in [0.717, 1.165) is 13.1 Å². The quantitative estimate of drug-likeness (QED) is 0.868. The average Bonchev–Trinajstić information content (AvgIpc) is 2.40. The molecule has 1 N–H and O–H groups in total. The summed E-state index contributed by atoms with van der Waals surface area (Å²) in [6.07, 6.45) is -2.39. The lowest BCUT2D eigenvalue weighted by Gasteiger charge is -2.34. The Labute approximate surface area is 149 Å². The van der Waals surface area contributed by atoms with Crippen LogP contribution in [0.5, 0.6) is 5.75 Å². The molecule has 23 heavy (non-hydrogen) atoms. The highest BCUT2D eigenvalue weighted by molar-refractivity contribution is 5.85. The molecule has 1 fully saturated rings. The van der Waals surface area contributed by atoms with Crippen LogP contribution in [0.4, 0.5) is 8.78 Å². The van der Waals surface area contributed by atoms with Gasteiger partial charge in [-0.15, -0.1) is 24.8 Å². The van der Waals surface area contributed by atoms with E-state index in [1.165, 1.54) is 0 Å². The van der Waals surface area contributed by atoms with Crippen LogP contribution in [-0.2, 0) is 0 Å². The summed E-state index contributed by atoms with van der Waals surface area (Å²) >= 11 is 0. The molecule has 1 atom stereocenters. The Bertz CT molecular complexity index is 446. The first-order valence-corrected chi connectivity index (χ1v) is 7.39. The van der Waals surface area contributed by atoms with Gasteiger partial charge in [0.15, 0.2) is 0 Å². The Kier molecular flexibility index (Phi) is 9.36. The SMILES string of the molecule is CC(C)(C)Oc1ccc([C@@H](C(F)F)N2CCNCC2)cc1.Cl.Cl. The summed E-state index contributed by atoms with van der Waals surface area (Å²) in [6, 6.07) is 6.21. The maximum absolute atomic E-state index is 13.4. The molecule has 0 radical (unpaired) electrons. The molecule has 0 aliphatic carbocycles. The predicted molar refractivity (Wildman–Crippen MR) is 94.5 cm³/mol. The highest BCUT2D eigenvalue weighted by Gasteiger charge is 2.30. The van der Waals surface area contributed by atoms with Crippen molar-refractivity contribution >= 4 is 24.8 Å². The van der Waals surface area contributed by atoms with Gasteiger partial charge in [-0.1, -0.05) is 12.1 Å². The van der Waals surface area contributed by atoms with Crippen LogP contribution < -0.4 is 10.1 Å². The van der Waals surface area contributed by atoms with Crippen molar-refractivity contribution in [2.24, 2.45) is 0 Å². The van der Waals surface area contributed by atoms with E-state index in [4.69, 9.17) is 4.74 Å². The van der Waals surface area contributed by atoms with E-state index >= 15 is 0 Å². The van der Waals surface area contributed by atoms with Gasteiger partial charge in [-0.25, -0.2) is 8.78 Å². The predicted octanol–water partition coefficient (Wildman–Crippen LogP) is 3.92. The van der Waals surface area contributed by atoms with Gasteiger partial charge in [0.1, 0.15) is 11.4 Å². The smallest absolute Gasteiger partial charge is 0.258 e. The molecule has 1 saturated heterocycles. The van der Waals surface area contributed by atoms with Crippen molar-refractivity contribution in [2.45, 2.75) is 38.8 Å². The third-order valence-electron chi connectivity index (χ3n) is 3.43. The maximum Gasteiger partial charge on any atom is 0.258 e. The number of rotatable bonds is 4. The molecule has 0 bridgehead atoms. The second-order valence-electron chi connectivity index (χ2n) is 6.35. The van der Waals surface area contributed by atoms with E-state index in [-0.39, 0.29) is 30.4 Å². The zero-order valence-electron chi connectivity index (χ0n) is 13.7. The van der Waals surface area contributed by atoms with Crippen molar-refractivity contribution in [3.63, 3.8) is 0 Å². The molecule has 1 aliphatic rings. The van der Waals surface area contributed by atoms with Crippen molar-refractivity contribution in [1.29, 1.82) is 0 Å². The normalized spacial score (nSPS) is 17.1. The van der Waals surface area contributed by atoms with Crippen molar-refractivity contribution in [1.82, 2.24) is 10.2 Å². The standard InChI is InChI=1S/C16H24F2N2O.2ClH/c1-16(2,3)21-13-6-4-12(5-7-13)14(15(17)18)20-10-8-19-9-11-20;;/h4-7,14-15,19H,8-11H2,1-3H3;2*1H/t14-;;/m0../s1. The molecule has 134 valence electrons. The first-order valence-electron chi connectivity index (χ1n) is 7.39. The lowest BCUT2D eigenvalue weighted by Crippen LogP contribution is -2.46. The fourth-order valence-corrected chi connectivity index (χ4v) is 2.56. The monoisotopic (exact) mass is 370 g/mol. The first kappa shape index (κ1) is 22.4. The summed E-state index contributed by atoms with van der Waals surface area (Å²) < 4.78 is 32.6. The summed E-state index contributed by atoms with van der Waals surface area (Å²) in [7, 11) is 0. The van der Waals surface area contributed by atoms with Crippen LogP contribution in [0, 0.1) is 0 Å². The molecule has 0 spiro atoms. The first-order chi connectivity index (χ1) is 9.87. The van der Waals surface area contributed by atoms with Gasteiger partial charge >= 0.3 is 0 Å². The number of nitrogens with one attached hydrogen (secondary N) is 1. The highest BCUT2D eigenvalue weighted by Crippen LogP contribution is 2.29. The Morgan fingerprint density at radius 1 is 1.04 bits per heavy atom. The van der Waals surface area contributed by atoms with Crippen LogP contribution in [-0.4, -0.2) is 43.1 Å². The minimum absolute atomic E-state index is 0. The lowest BCUT2D eigenvalue weighted by atomic mass is 10.0. The molecule has 1 aliphatic heterocycles. The number of halogens is 4. The highest BCUT2D eigenvalue weighted by atomic mass is 35.5. The number of ether oxygens (including phenoxy) is 1. The van der Waals surface area contributed by atoms with Gasteiger partial charge in [0.25, 0.3) is 6.43 Å². The van der Waals surface area contributed by atoms with Crippen molar-refractivity contribution in [3.05, 3.63) is 29.8 Å². The van der Waals surface area contributed by atoms with Gasteiger partial charge in [-0.3, -0.25) is 4.90 Å². The minimum Gasteiger partial charge on any atom is -0.488 e. The third kappa shape index (κ3) is 6.79. The maximum atomic E-state index is 13.4. The molecule has 1 heterocycles. The summed E-state index contributed by atoms with van der Waals surface area (Å²) in [6.45, 7) is 8.70. The van der Waals surface area contributed by atoms with Crippen LogP contribution in [0.3, 0.4) is 0 Å². The largest absolute Gasteiger partial charge is 0.488 e. The fourth-order valence-electron chi connectivity index (χ4n) is 2.56. The van der Waals surface area contributed by atoms with E-state index in [1.807, 2.05) is 25.7 Å². The van der Waals surface area contributed by atoms with Gasteiger partial charge in [0.2, 0.25) is 0 Å². The molecule has 1 aromatic carbocycles. The summed E-state index contributed by atoms with van der Waals surface area (Å²) in [5.74, 6) is 0.708. The molecule has 3 nitrogen and oxygen atoms in total. The zero-order valence-corrected chi connectivity index (χ0v) is 15.4. The van der Waals surface area contributed by atoms with Crippen LogP contribution in [0.1, 0.15) is 32.4 Å². The van der Waals surface area contributed by atoms with Crippen molar-refractivity contribution in [2.75, 3.05) is 26.2 Å². The van der Waals surface area contributed by atoms with Gasteiger partial charge in [0.05, 0.1) is 6.04 Å². The van der Waals surface area contributed by atoms with Crippen molar-refractivity contribution in [3.8, 4) is 5.75 Å². The molecular formula is C16H26Cl2F2N2O. The molecule has 0 amide bonds. The molecule has 1 aromatic rings. The molecule has 0 saturated carbocycles. The van der Waals surface area contributed by atoms with Gasteiger partial charge in [-0.2, -0.15) is 0 Å². The number of piperazine rings is 1. The Morgan fingerprint density at radius 2 is 1.57 bits per heavy atom. The Balaban J connectivity index is 0.00000242. The molecule has 7 heteroatoms. The van der Waals surface area contributed by atoms with E-state index in [1.54, 1.807) is 24.3 Å². The fraction of sp³-hybridized carbons (Fsp3) is 0.625. The molecule has 0 aromatic heterocycles. The molecule has 2 rings (SSSR count). The number of alkyl halides is 2. The van der Waals surface area contributed by atoms with Gasteiger partial charge < -0.3 is 10.1 Å². The van der Waals surface area contributed by atoms with Crippen LogP contribution >= 0.6 is 24.8 Å².